The number of esters is 2. The van der Waals surface area contributed by atoms with Gasteiger partial charge in [0.05, 0.1) is 0 Å². The SMILES string of the molecule is O=C(OCCOc1ccccc1)c1ccccc1O.O=C(OCCOc1ccccc1)c1ccccc1O. The van der Waals surface area contributed by atoms with E-state index in [2.05, 4.69) is 0 Å². The topological polar surface area (TPSA) is 112 Å². The Kier molecular flexibility index (Phi) is 11.0. The minimum Gasteiger partial charge on any atom is -0.507 e. The van der Waals surface area contributed by atoms with E-state index in [9.17, 15) is 19.8 Å². The fourth-order valence-corrected chi connectivity index (χ4v) is 3.07. The maximum atomic E-state index is 11.6. The van der Waals surface area contributed by atoms with Gasteiger partial charge in [-0.1, -0.05) is 60.7 Å². The van der Waals surface area contributed by atoms with E-state index >= 15 is 0 Å². The summed E-state index contributed by atoms with van der Waals surface area (Å²) in [5.74, 6) is 0.152. The third kappa shape index (κ3) is 9.23. The maximum Gasteiger partial charge on any atom is 0.342 e. The molecule has 0 amide bonds. The molecular formula is C30H28O8. The Morgan fingerprint density at radius 3 is 1.18 bits per heavy atom. The van der Waals surface area contributed by atoms with E-state index in [1.54, 1.807) is 24.3 Å². The van der Waals surface area contributed by atoms with Crippen molar-refractivity contribution >= 4 is 11.9 Å². The van der Waals surface area contributed by atoms with Gasteiger partial charge in [-0.25, -0.2) is 9.59 Å². The van der Waals surface area contributed by atoms with Gasteiger partial charge in [0.25, 0.3) is 0 Å². The van der Waals surface area contributed by atoms with Crippen LogP contribution >= 0.6 is 0 Å². The summed E-state index contributed by atoms with van der Waals surface area (Å²) in [4.78, 5) is 23.3. The number of carbonyl (C=O) groups is 2. The zero-order chi connectivity index (χ0) is 27.0. The summed E-state index contributed by atoms with van der Waals surface area (Å²) in [5.41, 5.74) is 0.310. The van der Waals surface area contributed by atoms with Crippen LogP contribution in [0, 0.1) is 0 Å². The molecule has 4 rings (SSSR count). The molecule has 4 aromatic carbocycles. The Bertz CT molecular complexity index is 1170. The highest BCUT2D eigenvalue weighted by Crippen LogP contribution is 2.17. The van der Waals surface area contributed by atoms with Gasteiger partial charge in [0, 0.05) is 0 Å². The second kappa shape index (κ2) is 15.2. The summed E-state index contributed by atoms with van der Waals surface area (Å²) in [7, 11) is 0. The molecule has 0 unspecified atom stereocenters. The van der Waals surface area contributed by atoms with Crippen molar-refractivity contribution in [2.24, 2.45) is 0 Å². The predicted octanol–water partition coefficient (Wildman–Crippen LogP) is 5.26. The fourth-order valence-electron chi connectivity index (χ4n) is 3.07. The second-order valence-electron chi connectivity index (χ2n) is 7.63. The van der Waals surface area contributed by atoms with Crippen molar-refractivity contribution in [1.82, 2.24) is 0 Å². The quantitative estimate of drug-likeness (QED) is 0.217. The maximum absolute atomic E-state index is 11.6. The van der Waals surface area contributed by atoms with Crippen LogP contribution in [0.2, 0.25) is 0 Å². The van der Waals surface area contributed by atoms with Crippen LogP contribution in [0.5, 0.6) is 23.0 Å². The van der Waals surface area contributed by atoms with Gasteiger partial charge in [-0.05, 0) is 48.5 Å². The van der Waals surface area contributed by atoms with Crippen molar-refractivity contribution in [3.63, 3.8) is 0 Å². The zero-order valence-corrected chi connectivity index (χ0v) is 20.6. The summed E-state index contributed by atoms with van der Waals surface area (Å²) in [6, 6.07) is 31.1. The van der Waals surface area contributed by atoms with Crippen LogP contribution in [0.15, 0.2) is 109 Å². The molecule has 0 saturated carbocycles. The largest absolute Gasteiger partial charge is 0.507 e. The summed E-state index contributed by atoms with van der Waals surface area (Å²) in [6.07, 6.45) is 0. The fraction of sp³-hybridized carbons (Fsp3) is 0.133. The lowest BCUT2D eigenvalue weighted by atomic mass is 10.2. The number of rotatable bonds is 10. The van der Waals surface area contributed by atoms with Crippen LogP contribution < -0.4 is 9.47 Å². The summed E-state index contributed by atoms with van der Waals surface area (Å²) in [5, 5.41) is 19.0. The Labute approximate surface area is 220 Å². The smallest absolute Gasteiger partial charge is 0.342 e. The van der Waals surface area contributed by atoms with Crippen molar-refractivity contribution in [2.45, 2.75) is 0 Å². The third-order valence-electron chi connectivity index (χ3n) is 4.90. The van der Waals surface area contributed by atoms with Gasteiger partial charge in [0.15, 0.2) is 0 Å². The first kappa shape index (κ1) is 27.6. The van der Waals surface area contributed by atoms with Gasteiger partial charge >= 0.3 is 11.9 Å². The average Bonchev–Trinajstić information content (AvgIpc) is 2.95. The first-order chi connectivity index (χ1) is 18.5. The van der Waals surface area contributed by atoms with E-state index in [0.29, 0.717) is 0 Å². The Morgan fingerprint density at radius 1 is 0.474 bits per heavy atom. The molecular weight excluding hydrogens is 488 g/mol. The van der Waals surface area contributed by atoms with Crippen molar-refractivity contribution in [3.05, 3.63) is 120 Å². The molecule has 0 aliphatic carbocycles. The summed E-state index contributed by atoms with van der Waals surface area (Å²) >= 11 is 0. The van der Waals surface area contributed by atoms with Crippen molar-refractivity contribution in [3.8, 4) is 23.0 Å². The van der Waals surface area contributed by atoms with Gasteiger partial charge < -0.3 is 29.2 Å². The van der Waals surface area contributed by atoms with Crippen LogP contribution in [0.3, 0.4) is 0 Å². The van der Waals surface area contributed by atoms with Gasteiger partial charge in [-0.15, -0.1) is 0 Å². The van der Waals surface area contributed by atoms with E-state index < -0.39 is 11.9 Å². The van der Waals surface area contributed by atoms with Gasteiger partial charge in [-0.3, -0.25) is 0 Å². The zero-order valence-electron chi connectivity index (χ0n) is 20.6. The van der Waals surface area contributed by atoms with E-state index in [-0.39, 0.29) is 49.1 Å². The molecule has 4 aromatic rings. The van der Waals surface area contributed by atoms with Crippen molar-refractivity contribution in [1.29, 1.82) is 0 Å². The van der Waals surface area contributed by atoms with Crippen LogP contribution in [0.1, 0.15) is 20.7 Å². The molecule has 0 heterocycles. The lowest BCUT2D eigenvalue weighted by Gasteiger charge is -2.07. The molecule has 0 aliphatic heterocycles. The molecule has 0 saturated heterocycles. The van der Waals surface area contributed by atoms with Gasteiger partial charge in [0.1, 0.15) is 60.6 Å². The molecule has 196 valence electrons. The second-order valence-corrected chi connectivity index (χ2v) is 7.63. The lowest BCUT2D eigenvalue weighted by molar-refractivity contribution is 0.0439. The molecule has 2 N–H and O–H groups in total. The number of hydrogen-bond donors (Lipinski definition) is 2. The van der Waals surface area contributed by atoms with Crippen LogP contribution in [0.25, 0.3) is 0 Å². The molecule has 0 aromatic heterocycles. The summed E-state index contributed by atoms with van der Waals surface area (Å²) < 4.78 is 20.8. The van der Waals surface area contributed by atoms with Gasteiger partial charge in [0.2, 0.25) is 0 Å². The number of ether oxygens (including phenoxy) is 4. The standard InChI is InChI=1S/2C15H14O4/c2*16-14-9-5-4-8-13(14)15(17)19-11-10-18-12-6-2-1-3-7-12/h2*1-9,16H,10-11H2. The van der Waals surface area contributed by atoms with Crippen molar-refractivity contribution < 1.29 is 38.7 Å². The molecule has 38 heavy (non-hydrogen) atoms. The minimum atomic E-state index is -0.560. The number of hydrogen-bond acceptors (Lipinski definition) is 8. The molecule has 8 nitrogen and oxygen atoms in total. The number of carbonyl (C=O) groups excluding carboxylic acids is 2. The summed E-state index contributed by atoms with van der Waals surface area (Å²) in [6.45, 7) is 0.789. The van der Waals surface area contributed by atoms with Crippen LogP contribution in [-0.4, -0.2) is 48.6 Å². The Balaban J connectivity index is 0.000000211. The Hall–Kier alpha value is -4.98. The van der Waals surface area contributed by atoms with E-state index in [4.69, 9.17) is 18.9 Å². The molecule has 8 heteroatoms. The number of benzene rings is 4. The molecule has 0 radical (unpaired) electrons. The number of aromatic hydroxyl groups is 2. The first-order valence-electron chi connectivity index (χ1n) is 11.8. The molecule has 0 spiro atoms. The first-order valence-corrected chi connectivity index (χ1v) is 11.8. The van der Waals surface area contributed by atoms with Crippen molar-refractivity contribution in [2.75, 3.05) is 26.4 Å². The van der Waals surface area contributed by atoms with Crippen LogP contribution in [-0.2, 0) is 9.47 Å². The number of phenolic OH excluding ortho intramolecular Hbond substituents is 2. The number of para-hydroxylation sites is 4. The highest BCUT2D eigenvalue weighted by atomic mass is 16.6. The monoisotopic (exact) mass is 516 g/mol. The highest BCUT2D eigenvalue weighted by molar-refractivity contribution is 5.92. The van der Waals surface area contributed by atoms with Gasteiger partial charge in [-0.2, -0.15) is 0 Å². The number of phenols is 2. The van der Waals surface area contributed by atoms with E-state index in [1.807, 2.05) is 60.7 Å². The van der Waals surface area contributed by atoms with Crippen LogP contribution in [0.4, 0.5) is 0 Å². The molecule has 0 aliphatic rings. The lowest BCUT2D eigenvalue weighted by Crippen LogP contribution is -2.12. The van der Waals surface area contributed by atoms with E-state index in [0.717, 1.165) is 11.5 Å². The normalized spacial score (nSPS) is 9.89. The highest BCUT2D eigenvalue weighted by Gasteiger charge is 2.12. The Morgan fingerprint density at radius 2 is 0.816 bits per heavy atom. The molecule has 0 atom stereocenters. The predicted molar refractivity (Wildman–Crippen MR) is 141 cm³/mol. The van der Waals surface area contributed by atoms with E-state index in [1.165, 1.54) is 24.3 Å². The molecule has 0 bridgehead atoms. The average molecular weight is 517 g/mol. The third-order valence-corrected chi connectivity index (χ3v) is 4.90. The molecule has 0 fully saturated rings. The minimum absolute atomic E-state index is 0.0866.